The van der Waals surface area contributed by atoms with Gasteiger partial charge in [-0.3, -0.25) is 0 Å². The van der Waals surface area contributed by atoms with Gasteiger partial charge < -0.3 is 9.47 Å². The highest BCUT2D eigenvalue weighted by Gasteiger charge is 2.16. The molecule has 1 unspecified atom stereocenters. The van der Waals surface area contributed by atoms with Crippen LogP contribution in [0.5, 0.6) is 5.75 Å². The number of benzene rings is 1. The van der Waals surface area contributed by atoms with E-state index in [0.29, 0.717) is 5.92 Å². The summed E-state index contributed by atoms with van der Waals surface area (Å²) >= 11 is 2.33. The summed E-state index contributed by atoms with van der Waals surface area (Å²) in [5.41, 5.74) is 1.35. The molecule has 0 saturated carbocycles. The van der Waals surface area contributed by atoms with Crippen molar-refractivity contribution >= 4 is 22.6 Å². The fourth-order valence-electron chi connectivity index (χ4n) is 1.92. The number of ether oxygens (including phenoxy) is 2. The van der Waals surface area contributed by atoms with Crippen LogP contribution in [0.2, 0.25) is 0 Å². The Balaban J connectivity index is 2.05. The molecule has 0 aromatic heterocycles. The molecule has 3 heteroatoms. The lowest BCUT2D eigenvalue weighted by Gasteiger charge is -2.24. The molecule has 94 valence electrons. The van der Waals surface area contributed by atoms with Crippen molar-refractivity contribution in [3.63, 3.8) is 0 Å². The molecule has 2 rings (SSSR count). The average Bonchev–Trinajstić information content (AvgIpc) is 2.33. The first-order valence-corrected chi connectivity index (χ1v) is 7.32. The summed E-state index contributed by atoms with van der Waals surface area (Å²) in [5.74, 6) is 1.50. The molecule has 1 aliphatic heterocycles. The van der Waals surface area contributed by atoms with Crippen LogP contribution in [0.1, 0.15) is 44.6 Å². The monoisotopic (exact) mass is 346 g/mol. The van der Waals surface area contributed by atoms with Gasteiger partial charge in [-0.05, 0) is 59.0 Å². The zero-order chi connectivity index (χ0) is 12.3. The minimum Gasteiger partial charge on any atom is -0.464 e. The molecule has 0 N–H and O–H groups in total. The van der Waals surface area contributed by atoms with Gasteiger partial charge in [0.25, 0.3) is 0 Å². The Labute approximate surface area is 117 Å². The number of hydrogen-bond donors (Lipinski definition) is 0. The number of rotatable bonds is 3. The normalized spacial score (nSPS) is 20.6. The van der Waals surface area contributed by atoms with E-state index in [4.69, 9.17) is 9.47 Å². The third-order valence-electron chi connectivity index (χ3n) is 3.02. The predicted molar refractivity (Wildman–Crippen MR) is 77.5 cm³/mol. The highest BCUT2D eigenvalue weighted by molar-refractivity contribution is 14.1. The van der Waals surface area contributed by atoms with Crippen LogP contribution in [0, 0.1) is 3.57 Å². The Kier molecular flexibility index (Phi) is 4.68. The van der Waals surface area contributed by atoms with E-state index < -0.39 is 0 Å². The molecule has 0 aliphatic carbocycles. The summed E-state index contributed by atoms with van der Waals surface area (Å²) in [7, 11) is 0. The maximum absolute atomic E-state index is 5.89. The van der Waals surface area contributed by atoms with Crippen molar-refractivity contribution in [2.75, 3.05) is 6.61 Å². The second-order valence-corrected chi connectivity index (χ2v) is 5.92. The van der Waals surface area contributed by atoms with Crippen molar-refractivity contribution in [1.82, 2.24) is 0 Å². The fourth-order valence-corrected chi connectivity index (χ4v) is 2.58. The summed E-state index contributed by atoms with van der Waals surface area (Å²) in [4.78, 5) is 0. The molecule has 1 aromatic carbocycles. The largest absolute Gasteiger partial charge is 0.464 e. The Bertz CT molecular complexity index is 370. The third kappa shape index (κ3) is 3.58. The van der Waals surface area contributed by atoms with Gasteiger partial charge in [0.05, 0.1) is 10.2 Å². The van der Waals surface area contributed by atoms with Crippen LogP contribution in [0.4, 0.5) is 0 Å². The minimum absolute atomic E-state index is 0.0536. The van der Waals surface area contributed by atoms with Gasteiger partial charge in [-0.25, -0.2) is 0 Å². The van der Waals surface area contributed by atoms with Crippen molar-refractivity contribution in [3.05, 3.63) is 27.3 Å². The third-order valence-corrected chi connectivity index (χ3v) is 3.86. The minimum atomic E-state index is -0.0536. The molecule has 1 aromatic rings. The molecule has 0 spiro atoms. The van der Waals surface area contributed by atoms with E-state index in [0.717, 1.165) is 25.2 Å². The molecule has 1 fully saturated rings. The molecule has 0 amide bonds. The second kappa shape index (κ2) is 6.05. The van der Waals surface area contributed by atoms with Crippen molar-refractivity contribution in [2.45, 2.75) is 45.3 Å². The summed E-state index contributed by atoms with van der Waals surface area (Å²) in [6.07, 6.45) is 3.30. The van der Waals surface area contributed by atoms with Crippen LogP contribution < -0.4 is 4.74 Å². The first-order valence-electron chi connectivity index (χ1n) is 6.24. The smallest absolute Gasteiger partial charge is 0.199 e. The molecule has 2 nitrogen and oxygen atoms in total. The maximum Gasteiger partial charge on any atom is 0.199 e. The lowest BCUT2D eigenvalue weighted by atomic mass is 10.0. The Morgan fingerprint density at radius 2 is 2.18 bits per heavy atom. The van der Waals surface area contributed by atoms with E-state index in [1.807, 2.05) is 0 Å². The zero-order valence-electron chi connectivity index (χ0n) is 10.4. The topological polar surface area (TPSA) is 18.5 Å². The van der Waals surface area contributed by atoms with Gasteiger partial charge in [-0.2, -0.15) is 0 Å². The second-order valence-electron chi connectivity index (χ2n) is 4.76. The summed E-state index contributed by atoms with van der Waals surface area (Å²) in [6, 6.07) is 6.41. The Hall–Kier alpha value is -0.290. The van der Waals surface area contributed by atoms with Crippen LogP contribution in [-0.2, 0) is 4.74 Å². The fraction of sp³-hybridized carbons (Fsp3) is 0.571. The van der Waals surface area contributed by atoms with E-state index >= 15 is 0 Å². The molecule has 0 bridgehead atoms. The number of halogens is 1. The summed E-state index contributed by atoms with van der Waals surface area (Å²) in [5, 5.41) is 0. The van der Waals surface area contributed by atoms with Crippen molar-refractivity contribution < 1.29 is 9.47 Å². The van der Waals surface area contributed by atoms with Crippen LogP contribution >= 0.6 is 22.6 Å². The quantitative estimate of drug-likeness (QED) is 0.759. The molecule has 1 saturated heterocycles. The molecular weight excluding hydrogens is 327 g/mol. The van der Waals surface area contributed by atoms with E-state index in [9.17, 15) is 0 Å². The van der Waals surface area contributed by atoms with Gasteiger partial charge in [-0.1, -0.05) is 19.9 Å². The Morgan fingerprint density at radius 3 is 2.76 bits per heavy atom. The zero-order valence-corrected chi connectivity index (χ0v) is 12.6. The van der Waals surface area contributed by atoms with E-state index in [1.54, 1.807) is 0 Å². The first-order chi connectivity index (χ1) is 8.16. The van der Waals surface area contributed by atoms with Gasteiger partial charge in [0.2, 0.25) is 0 Å². The van der Waals surface area contributed by atoms with Gasteiger partial charge in [0.1, 0.15) is 5.75 Å². The van der Waals surface area contributed by atoms with Crippen LogP contribution in [-0.4, -0.2) is 12.9 Å². The van der Waals surface area contributed by atoms with E-state index in [-0.39, 0.29) is 6.29 Å². The average molecular weight is 346 g/mol. The highest BCUT2D eigenvalue weighted by atomic mass is 127. The molecule has 17 heavy (non-hydrogen) atoms. The lowest BCUT2D eigenvalue weighted by molar-refractivity contribution is -0.106. The van der Waals surface area contributed by atoms with Gasteiger partial charge in [0.15, 0.2) is 6.29 Å². The predicted octanol–water partition coefficient (Wildman–Crippen LogP) is 4.32. The first kappa shape index (κ1) is 13.1. The Morgan fingerprint density at radius 1 is 1.35 bits per heavy atom. The lowest BCUT2D eigenvalue weighted by Crippen LogP contribution is -2.25. The molecule has 0 radical (unpaired) electrons. The molecule has 1 atom stereocenters. The van der Waals surface area contributed by atoms with Crippen LogP contribution in [0.3, 0.4) is 0 Å². The summed E-state index contributed by atoms with van der Waals surface area (Å²) < 4.78 is 12.6. The summed E-state index contributed by atoms with van der Waals surface area (Å²) in [6.45, 7) is 5.23. The molecule has 1 heterocycles. The number of hydrogen-bond acceptors (Lipinski definition) is 2. The van der Waals surface area contributed by atoms with Crippen molar-refractivity contribution in [3.8, 4) is 5.75 Å². The SMILES string of the molecule is CC(C)c1ccc(OC2CCCCO2)c(I)c1. The molecule has 1 aliphatic rings. The van der Waals surface area contributed by atoms with Crippen molar-refractivity contribution in [1.29, 1.82) is 0 Å². The molecular formula is C14H19IO2. The van der Waals surface area contributed by atoms with Gasteiger partial charge >= 0.3 is 0 Å². The van der Waals surface area contributed by atoms with E-state index in [1.165, 1.54) is 15.6 Å². The van der Waals surface area contributed by atoms with Crippen LogP contribution in [0.15, 0.2) is 18.2 Å². The maximum atomic E-state index is 5.89. The highest BCUT2D eigenvalue weighted by Crippen LogP contribution is 2.28. The van der Waals surface area contributed by atoms with Gasteiger partial charge in [-0.15, -0.1) is 0 Å². The van der Waals surface area contributed by atoms with Crippen LogP contribution in [0.25, 0.3) is 0 Å². The van der Waals surface area contributed by atoms with E-state index in [2.05, 4.69) is 54.6 Å². The van der Waals surface area contributed by atoms with Crippen molar-refractivity contribution in [2.24, 2.45) is 0 Å². The standard InChI is InChI=1S/C14H19IO2/c1-10(2)11-6-7-13(12(15)9-11)17-14-5-3-4-8-16-14/h6-7,9-10,14H,3-5,8H2,1-2H3. The van der Waals surface area contributed by atoms with Gasteiger partial charge in [0, 0.05) is 6.42 Å².